The van der Waals surface area contributed by atoms with Crippen LogP contribution in [0.5, 0.6) is 0 Å². The fraction of sp³-hybridized carbons (Fsp3) is 0.400. The van der Waals surface area contributed by atoms with Crippen LogP contribution in [0.25, 0.3) is 10.9 Å². The highest BCUT2D eigenvalue weighted by Crippen LogP contribution is 2.26. The van der Waals surface area contributed by atoms with Gasteiger partial charge in [0.25, 0.3) is 11.5 Å². The predicted octanol–water partition coefficient (Wildman–Crippen LogP) is 5.25. The molecule has 0 saturated heterocycles. The molecular formula is C25H30FN3O2. The molecule has 164 valence electrons. The number of carbonyl (C=O) groups is 1. The van der Waals surface area contributed by atoms with Crippen molar-refractivity contribution in [2.75, 3.05) is 6.54 Å². The summed E-state index contributed by atoms with van der Waals surface area (Å²) in [7, 11) is 1.70. The van der Waals surface area contributed by atoms with Gasteiger partial charge in [-0.3, -0.25) is 14.2 Å². The lowest BCUT2D eigenvalue weighted by molar-refractivity contribution is 0.0653. The average molecular weight is 424 g/mol. The van der Waals surface area contributed by atoms with Gasteiger partial charge in [0, 0.05) is 19.2 Å². The van der Waals surface area contributed by atoms with Gasteiger partial charge in [-0.2, -0.15) is 0 Å². The minimum absolute atomic E-state index is 0.136. The molecule has 0 aliphatic heterocycles. The largest absolute Gasteiger partial charge is 0.328 e. The minimum Gasteiger partial charge on any atom is -0.328 e. The summed E-state index contributed by atoms with van der Waals surface area (Å²) in [6, 6.07) is 12.6. The van der Waals surface area contributed by atoms with Crippen molar-refractivity contribution in [3.8, 4) is 0 Å². The monoisotopic (exact) mass is 423 g/mol. The Bertz CT molecular complexity index is 1110. The van der Waals surface area contributed by atoms with Gasteiger partial charge in [0.2, 0.25) is 0 Å². The maximum Gasteiger partial charge on any atom is 0.261 e. The van der Waals surface area contributed by atoms with Crippen molar-refractivity contribution in [2.24, 2.45) is 7.05 Å². The minimum atomic E-state index is -0.443. The van der Waals surface area contributed by atoms with Crippen molar-refractivity contribution in [2.45, 2.75) is 52.0 Å². The second-order valence-electron chi connectivity index (χ2n) is 7.84. The van der Waals surface area contributed by atoms with Gasteiger partial charge in [-0.25, -0.2) is 9.37 Å². The quantitative estimate of drug-likeness (QED) is 0.442. The number of nitrogens with zero attached hydrogens (tertiary/aromatic N) is 3. The van der Waals surface area contributed by atoms with E-state index in [0.717, 1.165) is 25.7 Å². The van der Waals surface area contributed by atoms with Crippen molar-refractivity contribution in [3.63, 3.8) is 0 Å². The van der Waals surface area contributed by atoms with Crippen LogP contribution in [0.3, 0.4) is 0 Å². The number of carbonyl (C=O) groups excluding carboxylic acids is 1. The second-order valence-corrected chi connectivity index (χ2v) is 7.84. The number of halogens is 1. The zero-order valence-corrected chi connectivity index (χ0v) is 18.5. The van der Waals surface area contributed by atoms with Crippen molar-refractivity contribution in [1.82, 2.24) is 14.5 Å². The van der Waals surface area contributed by atoms with Crippen LogP contribution in [0.1, 0.15) is 68.2 Å². The van der Waals surface area contributed by atoms with Crippen LogP contribution < -0.4 is 5.56 Å². The number of aromatic nitrogens is 2. The van der Waals surface area contributed by atoms with Crippen LogP contribution in [0.4, 0.5) is 4.39 Å². The Balaban J connectivity index is 2.05. The van der Waals surface area contributed by atoms with E-state index in [4.69, 9.17) is 4.98 Å². The van der Waals surface area contributed by atoms with Crippen LogP contribution in [0, 0.1) is 5.82 Å². The third-order valence-electron chi connectivity index (χ3n) is 5.66. The average Bonchev–Trinajstić information content (AvgIpc) is 2.78. The molecule has 1 heterocycles. The lowest BCUT2D eigenvalue weighted by atomic mass is 10.1. The molecule has 0 bridgehead atoms. The van der Waals surface area contributed by atoms with Crippen molar-refractivity contribution in [3.05, 3.63) is 76.1 Å². The number of benzene rings is 2. The summed E-state index contributed by atoms with van der Waals surface area (Å²) >= 11 is 0. The number of unbranched alkanes of at least 4 members (excludes halogenated alkanes) is 3. The highest BCUT2D eigenvalue weighted by atomic mass is 19.1. The molecule has 0 aliphatic carbocycles. The molecule has 5 nitrogen and oxygen atoms in total. The number of fused-ring (bicyclic) bond motifs is 1. The van der Waals surface area contributed by atoms with E-state index in [-0.39, 0.29) is 17.5 Å². The lowest BCUT2D eigenvalue weighted by Crippen LogP contribution is -2.39. The molecule has 0 fully saturated rings. The molecule has 1 amide bonds. The topological polar surface area (TPSA) is 55.2 Å². The molecule has 6 heteroatoms. The van der Waals surface area contributed by atoms with Gasteiger partial charge < -0.3 is 4.90 Å². The molecule has 2 aromatic carbocycles. The van der Waals surface area contributed by atoms with Crippen LogP contribution in [0.2, 0.25) is 0 Å². The maximum atomic E-state index is 13.8. The Hall–Kier alpha value is -3.02. The van der Waals surface area contributed by atoms with Crippen LogP contribution in [0.15, 0.2) is 53.3 Å². The van der Waals surface area contributed by atoms with Gasteiger partial charge in [0.1, 0.15) is 11.6 Å². The molecule has 1 atom stereocenters. The molecule has 0 saturated carbocycles. The summed E-state index contributed by atoms with van der Waals surface area (Å²) in [5, 5.41) is 0.551. The Morgan fingerprint density at radius 1 is 1.10 bits per heavy atom. The van der Waals surface area contributed by atoms with Gasteiger partial charge in [-0.15, -0.1) is 0 Å². The van der Waals surface area contributed by atoms with E-state index in [1.807, 2.05) is 25.1 Å². The van der Waals surface area contributed by atoms with Crippen LogP contribution >= 0.6 is 0 Å². The summed E-state index contributed by atoms with van der Waals surface area (Å²) in [4.78, 5) is 32.9. The number of rotatable bonds is 9. The van der Waals surface area contributed by atoms with Gasteiger partial charge in [0.15, 0.2) is 0 Å². The van der Waals surface area contributed by atoms with Crippen molar-refractivity contribution >= 4 is 16.8 Å². The summed E-state index contributed by atoms with van der Waals surface area (Å²) < 4.78 is 15.3. The Kier molecular flexibility index (Phi) is 7.55. The maximum absolute atomic E-state index is 13.8. The number of hydrogen-bond acceptors (Lipinski definition) is 3. The summed E-state index contributed by atoms with van der Waals surface area (Å²) in [6.45, 7) is 4.64. The Morgan fingerprint density at radius 3 is 2.58 bits per heavy atom. The van der Waals surface area contributed by atoms with E-state index in [2.05, 4.69) is 6.92 Å². The van der Waals surface area contributed by atoms with Crippen molar-refractivity contribution < 1.29 is 9.18 Å². The first-order chi connectivity index (χ1) is 15.0. The lowest BCUT2D eigenvalue weighted by Gasteiger charge is -2.32. The molecule has 3 rings (SSSR count). The molecule has 0 spiro atoms. The van der Waals surface area contributed by atoms with Crippen LogP contribution in [-0.4, -0.2) is 26.9 Å². The molecule has 31 heavy (non-hydrogen) atoms. The first-order valence-corrected chi connectivity index (χ1v) is 11.0. The molecule has 0 radical (unpaired) electrons. The number of para-hydroxylation sites is 1. The van der Waals surface area contributed by atoms with Gasteiger partial charge in [0.05, 0.1) is 16.9 Å². The number of hydrogen-bond donors (Lipinski definition) is 0. The number of amides is 1. The normalized spacial score (nSPS) is 12.1. The van der Waals surface area contributed by atoms with E-state index in [0.29, 0.717) is 35.3 Å². The van der Waals surface area contributed by atoms with E-state index in [1.54, 1.807) is 30.1 Å². The standard InChI is InChI=1S/C25H30FN3O2/c1-4-6-7-10-16-29(24(30)18-12-11-13-19(26)17-18)22(5-2)23-27-21-15-9-8-14-20(21)25(31)28(23)3/h8-9,11-15,17,22H,4-7,10,16H2,1-3H3. The SMILES string of the molecule is CCCCCCN(C(=O)c1cccc(F)c1)C(CC)c1nc2ccccc2c(=O)n1C. The molecule has 0 aliphatic rings. The Labute approximate surface area is 182 Å². The molecule has 0 N–H and O–H groups in total. The Morgan fingerprint density at radius 2 is 1.87 bits per heavy atom. The third-order valence-corrected chi connectivity index (χ3v) is 5.66. The molecule has 3 aromatic rings. The van der Waals surface area contributed by atoms with Gasteiger partial charge in [-0.05, 0) is 43.2 Å². The van der Waals surface area contributed by atoms with Crippen molar-refractivity contribution in [1.29, 1.82) is 0 Å². The summed E-state index contributed by atoms with van der Waals surface area (Å²) in [6.07, 6.45) is 4.62. The highest BCUT2D eigenvalue weighted by molar-refractivity contribution is 5.94. The summed E-state index contributed by atoms with van der Waals surface area (Å²) in [5.41, 5.74) is 0.783. The molecule has 1 aromatic heterocycles. The fourth-order valence-electron chi connectivity index (χ4n) is 3.97. The van der Waals surface area contributed by atoms with E-state index >= 15 is 0 Å². The first-order valence-electron chi connectivity index (χ1n) is 11.0. The zero-order chi connectivity index (χ0) is 22.4. The smallest absolute Gasteiger partial charge is 0.261 e. The first kappa shape index (κ1) is 22.7. The fourth-order valence-corrected chi connectivity index (χ4v) is 3.97. The zero-order valence-electron chi connectivity index (χ0n) is 18.5. The van der Waals surface area contributed by atoms with E-state index in [1.165, 1.54) is 16.7 Å². The van der Waals surface area contributed by atoms with Crippen LogP contribution in [-0.2, 0) is 7.05 Å². The van der Waals surface area contributed by atoms with E-state index in [9.17, 15) is 14.0 Å². The van der Waals surface area contributed by atoms with Gasteiger partial charge in [-0.1, -0.05) is 51.3 Å². The molecule has 1 unspecified atom stereocenters. The predicted molar refractivity (Wildman–Crippen MR) is 122 cm³/mol. The van der Waals surface area contributed by atoms with Gasteiger partial charge >= 0.3 is 0 Å². The second kappa shape index (κ2) is 10.3. The summed E-state index contributed by atoms with van der Waals surface area (Å²) in [5.74, 6) is -0.141. The highest BCUT2D eigenvalue weighted by Gasteiger charge is 2.28. The third kappa shape index (κ3) is 5.01. The molecular weight excluding hydrogens is 393 g/mol. The van der Waals surface area contributed by atoms with E-state index < -0.39 is 5.82 Å².